The van der Waals surface area contributed by atoms with Gasteiger partial charge in [0.25, 0.3) is 0 Å². The molecule has 0 spiro atoms. The Morgan fingerprint density at radius 2 is 2.09 bits per heavy atom. The van der Waals surface area contributed by atoms with Crippen LogP contribution in [0.2, 0.25) is 0 Å². The number of hydrazone groups is 1. The minimum absolute atomic E-state index is 0.0189. The van der Waals surface area contributed by atoms with Gasteiger partial charge in [-0.1, -0.05) is 29.8 Å². The van der Waals surface area contributed by atoms with Gasteiger partial charge in [-0.3, -0.25) is 0 Å². The van der Waals surface area contributed by atoms with Gasteiger partial charge in [-0.2, -0.15) is 5.10 Å². The Morgan fingerprint density at radius 3 is 2.78 bits per heavy atom. The van der Waals surface area contributed by atoms with E-state index >= 15 is 0 Å². The summed E-state index contributed by atoms with van der Waals surface area (Å²) in [5, 5.41) is 7.08. The van der Waals surface area contributed by atoms with Gasteiger partial charge in [0.2, 0.25) is 0 Å². The number of thiophene rings is 1. The third-order valence-corrected chi connectivity index (χ3v) is 6.38. The van der Waals surface area contributed by atoms with Crippen LogP contribution >= 0.6 is 43.2 Å². The standard InChI is InChI=1S/C17H16Br2N2OS/c1-9(2)17-21-13(11-7-10(18)3-4-14(11)22-17)8-12(20-21)15-5-6-16(19)23-15/h3-7,9,13,17H,8H2,1-2H3/t13-,17-/m0/s1. The highest BCUT2D eigenvalue weighted by molar-refractivity contribution is 9.11. The second-order valence-corrected chi connectivity index (χ2v) is 9.56. The van der Waals surface area contributed by atoms with Crippen LogP contribution in [0, 0.1) is 5.92 Å². The molecule has 2 atom stereocenters. The van der Waals surface area contributed by atoms with Gasteiger partial charge in [0.05, 0.1) is 20.4 Å². The molecule has 0 fully saturated rings. The lowest BCUT2D eigenvalue weighted by molar-refractivity contribution is -0.0461. The van der Waals surface area contributed by atoms with Gasteiger partial charge < -0.3 is 4.74 Å². The molecule has 0 saturated carbocycles. The molecule has 1 aromatic heterocycles. The lowest BCUT2D eigenvalue weighted by Gasteiger charge is -2.40. The second-order valence-electron chi connectivity index (χ2n) is 6.18. The molecule has 2 aliphatic rings. The van der Waals surface area contributed by atoms with Crippen LogP contribution in [-0.2, 0) is 0 Å². The summed E-state index contributed by atoms with van der Waals surface area (Å²) < 4.78 is 8.46. The van der Waals surface area contributed by atoms with Crippen LogP contribution in [0.15, 0.2) is 43.7 Å². The number of fused-ring (bicyclic) bond motifs is 3. The van der Waals surface area contributed by atoms with Crippen LogP contribution in [0.25, 0.3) is 0 Å². The second kappa shape index (κ2) is 5.90. The summed E-state index contributed by atoms with van der Waals surface area (Å²) in [6.45, 7) is 4.36. The lowest BCUT2D eigenvalue weighted by Crippen LogP contribution is -2.43. The van der Waals surface area contributed by atoms with Crippen molar-refractivity contribution in [2.24, 2.45) is 11.0 Å². The molecule has 120 valence electrons. The zero-order valence-electron chi connectivity index (χ0n) is 12.8. The number of rotatable bonds is 2. The average molecular weight is 456 g/mol. The first kappa shape index (κ1) is 15.7. The Labute approximate surface area is 156 Å². The van der Waals surface area contributed by atoms with E-state index in [1.54, 1.807) is 11.3 Å². The predicted molar refractivity (Wildman–Crippen MR) is 101 cm³/mol. The molecule has 6 heteroatoms. The number of halogens is 2. The lowest BCUT2D eigenvalue weighted by atomic mass is 9.97. The Morgan fingerprint density at radius 1 is 1.26 bits per heavy atom. The van der Waals surface area contributed by atoms with E-state index < -0.39 is 0 Å². The monoisotopic (exact) mass is 454 g/mol. The van der Waals surface area contributed by atoms with Crippen molar-refractivity contribution in [1.82, 2.24) is 5.01 Å². The normalized spacial score (nSPS) is 22.7. The van der Waals surface area contributed by atoms with E-state index in [2.05, 4.69) is 75.0 Å². The Kier molecular flexibility index (Phi) is 4.02. The molecule has 0 saturated heterocycles. The van der Waals surface area contributed by atoms with Crippen molar-refractivity contribution in [3.05, 3.63) is 49.0 Å². The highest BCUT2D eigenvalue weighted by atomic mass is 79.9. The van der Waals surface area contributed by atoms with Crippen LogP contribution in [0.3, 0.4) is 0 Å². The van der Waals surface area contributed by atoms with Crippen LogP contribution < -0.4 is 4.74 Å². The molecule has 2 aromatic rings. The summed E-state index contributed by atoms with van der Waals surface area (Å²) in [6.07, 6.45) is 0.901. The van der Waals surface area contributed by atoms with Crippen molar-refractivity contribution >= 4 is 48.9 Å². The zero-order valence-corrected chi connectivity index (χ0v) is 16.8. The van der Waals surface area contributed by atoms with Crippen molar-refractivity contribution in [2.75, 3.05) is 0 Å². The fourth-order valence-electron chi connectivity index (χ4n) is 3.15. The van der Waals surface area contributed by atoms with Crippen LogP contribution in [0.5, 0.6) is 5.75 Å². The number of hydrogen-bond donors (Lipinski definition) is 0. The summed E-state index contributed by atoms with van der Waals surface area (Å²) in [7, 11) is 0. The van der Waals surface area contributed by atoms with E-state index in [0.29, 0.717) is 5.92 Å². The van der Waals surface area contributed by atoms with Gasteiger partial charge in [-0.15, -0.1) is 11.3 Å². The molecule has 2 aliphatic heterocycles. The van der Waals surface area contributed by atoms with Crippen molar-refractivity contribution in [3.63, 3.8) is 0 Å². The van der Waals surface area contributed by atoms with E-state index in [1.165, 1.54) is 10.4 Å². The van der Waals surface area contributed by atoms with Gasteiger partial charge in [0.15, 0.2) is 6.23 Å². The molecule has 0 aliphatic carbocycles. The van der Waals surface area contributed by atoms with Crippen LogP contribution in [0.4, 0.5) is 0 Å². The highest BCUT2D eigenvalue weighted by Gasteiger charge is 2.41. The molecule has 0 radical (unpaired) electrons. The van der Waals surface area contributed by atoms with Gasteiger partial charge in [-0.25, -0.2) is 5.01 Å². The summed E-state index contributed by atoms with van der Waals surface area (Å²) in [5.41, 5.74) is 2.36. The average Bonchev–Trinajstić information content (AvgIpc) is 3.12. The topological polar surface area (TPSA) is 24.8 Å². The van der Waals surface area contributed by atoms with E-state index in [4.69, 9.17) is 9.84 Å². The highest BCUT2D eigenvalue weighted by Crippen LogP contribution is 2.45. The van der Waals surface area contributed by atoms with Gasteiger partial charge in [-0.05, 0) is 46.3 Å². The summed E-state index contributed by atoms with van der Waals surface area (Å²) in [5.74, 6) is 1.35. The Bertz CT molecular complexity index is 787. The molecule has 1 aromatic carbocycles. The summed E-state index contributed by atoms with van der Waals surface area (Å²) >= 11 is 8.86. The summed E-state index contributed by atoms with van der Waals surface area (Å²) in [6, 6.07) is 10.7. The maximum atomic E-state index is 6.24. The first-order valence-corrected chi connectivity index (χ1v) is 10.0. The van der Waals surface area contributed by atoms with Gasteiger partial charge in [0.1, 0.15) is 5.75 Å². The minimum atomic E-state index is -0.0189. The predicted octanol–water partition coefficient (Wildman–Crippen LogP) is 5.80. The molecular formula is C17H16Br2N2OS. The molecule has 0 N–H and O–H groups in total. The molecule has 23 heavy (non-hydrogen) atoms. The smallest absolute Gasteiger partial charge is 0.190 e. The van der Waals surface area contributed by atoms with Crippen molar-refractivity contribution in [2.45, 2.75) is 32.5 Å². The van der Waals surface area contributed by atoms with Crippen molar-refractivity contribution < 1.29 is 4.74 Å². The SMILES string of the molecule is CC(C)[C@@H]1Oc2ccc(Br)cc2[C@@H]2CC(c3ccc(Br)s3)=NN21. The molecule has 0 unspecified atom stereocenters. The zero-order chi connectivity index (χ0) is 16.1. The molecular weight excluding hydrogens is 440 g/mol. The summed E-state index contributed by atoms with van der Waals surface area (Å²) in [4.78, 5) is 1.23. The van der Waals surface area contributed by atoms with E-state index in [-0.39, 0.29) is 12.3 Å². The molecule has 4 rings (SSSR count). The fourth-order valence-corrected chi connectivity index (χ4v) is 4.90. The maximum absolute atomic E-state index is 6.24. The van der Waals surface area contributed by atoms with Crippen LogP contribution in [-0.4, -0.2) is 16.9 Å². The third-order valence-electron chi connectivity index (χ3n) is 4.21. The van der Waals surface area contributed by atoms with Crippen molar-refractivity contribution in [3.8, 4) is 5.75 Å². The number of nitrogens with zero attached hydrogens (tertiary/aromatic N) is 2. The minimum Gasteiger partial charge on any atom is -0.468 e. The van der Waals surface area contributed by atoms with E-state index in [0.717, 1.165) is 26.1 Å². The van der Waals surface area contributed by atoms with Crippen LogP contribution in [0.1, 0.15) is 36.8 Å². The first-order valence-electron chi connectivity index (χ1n) is 7.60. The van der Waals surface area contributed by atoms with Gasteiger partial charge in [0, 0.05) is 22.4 Å². The first-order chi connectivity index (χ1) is 11.0. The van der Waals surface area contributed by atoms with E-state index in [9.17, 15) is 0 Å². The van der Waals surface area contributed by atoms with Gasteiger partial charge >= 0.3 is 0 Å². The third kappa shape index (κ3) is 2.75. The maximum Gasteiger partial charge on any atom is 0.190 e. The molecule has 3 heterocycles. The number of hydrogen-bond acceptors (Lipinski definition) is 4. The number of benzene rings is 1. The number of ether oxygens (including phenoxy) is 1. The molecule has 0 bridgehead atoms. The largest absolute Gasteiger partial charge is 0.468 e. The molecule has 3 nitrogen and oxygen atoms in total. The molecule has 0 amide bonds. The quantitative estimate of drug-likeness (QED) is 0.571. The van der Waals surface area contributed by atoms with E-state index in [1.807, 2.05) is 6.07 Å². The Hall–Kier alpha value is -0.850. The fraction of sp³-hybridized carbons (Fsp3) is 0.353. The Balaban J connectivity index is 1.76. The van der Waals surface area contributed by atoms with Crippen molar-refractivity contribution in [1.29, 1.82) is 0 Å².